The maximum absolute atomic E-state index is 13.1. The molecular formula is C12H16FNO2. The van der Waals surface area contributed by atoms with E-state index in [1.54, 1.807) is 6.07 Å². The zero-order chi connectivity index (χ0) is 11.5. The SMILES string of the molecule is CC1CN(Cc2ccc(O)c(F)c2)CCO1. The second-order valence-corrected chi connectivity index (χ2v) is 4.20. The first-order valence-corrected chi connectivity index (χ1v) is 5.46. The molecule has 0 saturated carbocycles. The molecule has 4 heteroatoms. The summed E-state index contributed by atoms with van der Waals surface area (Å²) in [6, 6.07) is 4.53. The van der Waals surface area contributed by atoms with Gasteiger partial charge < -0.3 is 9.84 Å². The number of phenols is 1. The molecule has 1 aliphatic heterocycles. The molecule has 0 radical (unpaired) electrons. The van der Waals surface area contributed by atoms with E-state index in [2.05, 4.69) is 4.90 Å². The van der Waals surface area contributed by atoms with Crippen molar-refractivity contribution in [2.75, 3.05) is 19.7 Å². The van der Waals surface area contributed by atoms with Gasteiger partial charge in [-0.15, -0.1) is 0 Å². The standard InChI is InChI=1S/C12H16FNO2/c1-9-7-14(4-5-16-9)8-10-2-3-12(15)11(13)6-10/h2-3,6,9,15H,4-5,7-8H2,1H3. The normalized spacial score (nSPS) is 22.2. The first kappa shape index (κ1) is 11.4. The van der Waals surface area contributed by atoms with Gasteiger partial charge in [0, 0.05) is 19.6 Å². The summed E-state index contributed by atoms with van der Waals surface area (Å²) in [6.07, 6.45) is 0.232. The fourth-order valence-electron chi connectivity index (χ4n) is 1.94. The van der Waals surface area contributed by atoms with Crippen molar-refractivity contribution in [3.05, 3.63) is 29.6 Å². The monoisotopic (exact) mass is 225 g/mol. The summed E-state index contributed by atoms with van der Waals surface area (Å²) in [5, 5.41) is 9.08. The summed E-state index contributed by atoms with van der Waals surface area (Å²) >= 11 is 0. The van der Waals surface area contributed by atoms with Crippen LogP contribution in [0.25, 0.3) is 0 Å². The Labute approximate surface area is 94.4 Å². The molecule has 1 fully saturated rings. The van der Waals surface area contributed by atoms with Gasteiger partial charge in [0.25, 0.3) is 0 Å². The van der Waals surface area contributed by atoms with Crippen molar-refractivity contribution >= 4 is 0 Å². The minimum atomic E-state index is -0.557. The molecule has 1 unspecified atom stereocenters. The van der Waals surface area contributed by atoms with Gasteiger partial charge in [-0.2, -0.15) is 0 Å². The van der Waals surface area contributed by atoms with E-state index in [4.69, 9.17) is 9.84 Å². The summed E-state index contributed by atoms with van der Waals surface area (Å²) in [5.41, 5.74) is 0.879. The number of ether oxygens (including phenoxy) is 1. The van der Waals surface area contributed by atoms with Gasteiger partial charge in [0.1, 0.15) is 0 Å². The molecule has 0 amide bonds. The highest BCUT2D eigenvalue weighted by molar-refractivity contribution is 5.27. The average Bonchev–Trinajstić information content (AvgIpc) is 2.24. The van der Waals surface area contributed by atoms with E-state index in [-0.39, 0.29) is 11.9 Å². The Morgan fingerprint density at radius 3 is 3.06 bits per heavy atom. The maximum atomic E-state index is 13.1. The predicted molar refractivity (Wildman–Crippen MR) is 58.8 cm³/mol. The Morgan fingerprint density at radius 2 is 2.38 bits per heavy atom. The van der Waals surface area contributed by atoms with Crippen LogP contribution >= 0.6 is 0 Å². The van der Waals surface area contributed by atoms with Gasteiger partial charge >= 0.3 is 0 Å². The molecule has 1 aromatic carbocycles. The van der Waals surface area contributed by atoms with Crippen molar-refractivity contribution in [1.29, 1.82) is 0 Å². The molecule has 0 aromatic heterocycles. The lowest BCUT2D eigenvalue weighted by atomic mass is 10.2. The lowest BCUT2D eigenvalue weighted by Crippen LogP contribution is -2.40. The Hall–Kier alpha value is -1.13. The van der Waals surface area contributed by atoms with E-state index < -0.39 is 5.82 Å². The van der Waals surface area contributed by atoms with Crippen LogP contribution in [0.5, 0.6) is 5.75 Å². The van der Waals surface area contributed by atoms with Gasteiger partial charge in [-0.25, -0.2) is 4.39 Å². The van der Waals surface area contributed by atoms with Crippen LogP contribution in [0.15, 0.2) is 18.2 Å². The third-order valence-corrected chi connectivity index (χ3v) is 2.74. The van der Waals surface area contributed by atoms with E-state index in [0.29, 0.717) is 6.54 Å². The number of rotatable bonds is 2. The van der Waals surface area contributed by atoms with E-state index in [9.17, 15) is 4.39 Å². The molecule has 1 N–H and O–H groups in total. The number of aromatic hydroxyl groups is 1. The fraction of sp³-hybridized carbons (Fsp3) is 0.500. The van der Waals surface area contributed by atoms with E-state index in [1.165, 1.54) is 12.1 Å². The fourth-order valence-corrected chi connectivity index (χ4v) is 1.94. The number of benzene rings is 1. The van der Waals surface area contributed by atoms with E-state index in [1.807, 2.05) is 6.92 Å². The third-order valence-electron chi connectivity index (χ3n) is 2.74. The predicted octanol–water partition coefficient (Wildman–Crippen LogP) is 1.75. The second kappa shape index (κ2) is 4.80. The third kappa shape index (κ3) is 2.71. The molecule has 16 heavy (non-hydrogen) atoms. The van der Waals surface area contributed by atoms with Gasteiger partial charge in [-0.3, -0.25) is 4.90 Å². The maximum Gasteiger partial charge on any atom is 0.165 e. The van der Waals surface area contributed by atoms with Crippen LogP contribution in [0.2, 0.25) is 0 Å². The van der Waals surface area contributed by atoms with Gasteiger partial charge in [0.15, 0.2) is 11.6 Å². The van der Waals surface area contributed by atoms with Crippen LogP contribution in [0, 0.1) is 5.82 Å². The molecule has 2 rings (SSSR count). The number of nitrogens with zero attached hydrogens (tertiary/aromatic N) is 1. The highest BCUT2D eigenvalue weighted by Gasteiger charge is 2.16. The van der Waals surface area contributed by atoms with Crippen molar-refractivity contribution in [2.45, 2.75) is 19.6 Å². The highest BCUT2D eigenvalue weighted by Crippen LogP contribution is 2.18. The van der Waals surface area contributed by atoms with E-state index >= 15 is 0 Å². The minimum absolute atomic E-state index is 0.232. The lowest BCUT2D eigenvalue weighted by Gasteiger charge is -2.31. The van der Waals surface area contributed by atoms with Gasteiger partial charge in [-0.05, 0) is 24.6 Å². The minimum Gasteiger partial charge on any atom is -0.505 e. The number of hydrogen-bond acceptors (Lipinski definition) is 3. The first-order valence-electron chi connectivity index (χ1n) is 5.46. The Bertz CT molecular complexity index is 370. The number of halogens is 1. The van der Waals surface area contributed by atoms with Crippen LogP contribution in [-0.2, 0) is 11.3 Å². The number of morpholine rings is 1. The molecule has 1 atom stereocenters. The van der Waals surface area contributed by atoms with Crippen molar-refractivity contribution in [3.8, 4) is 5.75 Å². The molecule has 0 spiro atoms. The molecular weight excluding hydrogens is 209 g/mol. The van der Waals surface area contributed by atoms with Crippen LogP contribution in [0.4, 0.5) is 4.39 Å². The number of phenolic OH excluding ortho intramolecular Hbond substituents is 1. The molecule has 0 aliphatic carbocycles. The zero-order valence-corrected chi connectivity index (χ0v) is 9.32. The Balaban J connectivity index is 2.00. The van der Waals surface area contributed by atoms with Crippen molar-refractivity contribution in [2.24, 2.45) is 0 Å². The van der Waals surface area contributed by atoms with Crippen LogP contribution in [0.1, 0.15) is 12.5 Å². The molecule has 3 nitrogen and oxygen atoms in total. The molecule has 88 valence electrons. The topological polar surface area (TPSA) is 32.7 Å². The van der Waals surface area contributed by atoms with Crippen LogP contribution in [-0.4, -0.2) is 35.8 Å². The first-order chi connectivity index (χ1) is 7.65. The van der Waals surface area contributed by atoms with Crippen LogP contribution in [0.3, 0.4) is 0 Å². The molecule has 1 aliphatic rings. The molecule has 1 heterocycles. The van der Waals surface area contributed by atoms with Crippen LogP contribution < -0.4 is 0 Å². The number of hydrogen-bond donors (Lipinski definition) is 1. The van der Waals surface area contributed by atoms with Gasteiger partial charge in [0.2, 0.25) is 0 Å². The summed E-state index contributed by atoms with van der Waals surface area (Å²) in [5.74, 6) is -0.849. The second-order valence-electron chi connectivity index (χ2n) is 4.20. The average molecular weight is 225 g/mol. The summed E-state index contributed by atoms with van der Waals surface area (Å²) in [7, 11) is 0. The Kier molecular flexibility index (Phi) is 3.41. The quantitative estimate of drug-likeness (QED) is 0.832. The summed E-state index contributed by atoms with van der Waals surface area (Å²) in [6.45, 7) is 5.19. The summed E-state index contributed by atoms with van der Waals surface area (Å²) < 4.78 is 18.5. The van der Waals surface area contributed by atoms with E-state index in [0.717, 1.165) is 25.3 Å². The zero-order valence-electron chi connectivity index (χ0n) is 9.32. The highest BCUT2D eigenvalue weighted by atomic mass is 19.1. The van der Waals surface area contributed by atoms with Gasteiger partial charge in [-0.1, -0.05) is 6.07 Å². The summed E-state index contributed by atoms with van der Waals surface area (Å²) in [4.78, 5) is 2.22. The Morgan fingerprint density at radius 1 is 1.56 bits per heavy atom. The molecule has 0 bridgehead atoms. The van der Waals surface area contributed by atoms with Crippen molar-refractivity contribution in [1.82, 2.24) is 4.90 Å². The van der Waals surface area contributed by atoms with Crippen molar-refractivity contribution < 1.29 is 14.2 Å². The molecule has 1 aromatic rings. The molecule has 1 saturated heterocycles. The lowest BCUT2D eigenvalue weighted by molar-refractivity contribution is -0.0212. The smallest absolute Gasteiger partial charge is 0.165 e. The van der Waals surface area contributed by atoms with Gasteiger partial charge in [0.05, 0.1) is 12.7 Å². The van der Waals surface area contributed by atoms with Crippen molar-refractivity contribution in [3.63, 3.8) is 0 Å². The largest absolute Gasteiger partial charge is 0.505 e.